The standard InChI is InChI=1S/C12H14ClFN4/c1-2-18-11(16-7-17-18)6-10(15)12-8(13)4-3-5-9(12)14/h3-5,7,10H,2,6,15H2,1H3. The number of halogens is 2. The number of aromatic nitrogens is 3. The summed E-state index contributed by atoms with van der Waals surface area (Å²) in [6.45, 7) is 2.66. The van der Waals surface area contributed by atoms with Crippen LogP contribution in [0.1, 0.15) is 24.4 Å². The number of nitrogens with two attached hydrogens (primary N) is 1. The molecule has 0 aliphatic rings. The first-order chi connectivity index (χ1) is 8.63. The van der Waals surface area contributed by atoms with Crippen molar-refractivity contribution in [1.29, 1.82) is 0 Å². The monoisotopic (exact) mass is 268 g/mol. The first-order valence-corrected chi connectivity index (χ1v) is 6.07. The number of nitrogens with zero attached hydrogens (tertiary/aromatic N) is 3. The smallest absolute Gasteiger partial charge is 0.138 e. The van der Waals surface area contributed by atoms with Gasteiger partial charge in [-0.2, -0.15) is 5.10 Å². The molecule has 0 amide bonds. The van der Waals surface area contributed by atoms with E-state index in [4.69, 9.17) is 17.3 Å². The first-order valence-electron chi connectivity index (χ1n) is 5.69. The lowest BCUT2D eigenvalue weighted by atomic mass is 10.0. The van der Waals surface area contributed by atoms with Gasteiger partial charge in [0.05, 0.1) is 0 Å². The average Bonchev–Trinajstić information content (AvgIpc) is 2.76. The van der Waals surface area contributed by atoms with Gasteiger partial charge in [0.1, 0.15) is 18.0 Å². The van der Waals surface area contributed by atoms with E-state index in [1.807, 2.05) is 6.92 Å². The van der Waals surface area contributed by atoms with Crippen LogP contribution in [0.25, 0.3) is 0 Å². The Bertz CT molecular complexity index is 520. The van der Waals surface area contributed by atoms with E-state index in [0.29, 0.717) is 23.6 Å². The fourth-order valence-electron chi connectivity index (χ4n) is 1.87. The molecule has 1 atom stereocenters. The lowest BCUT2D eigenvalue weighted by Crippen LogP contribution is -2.18. The largest absolute Gasteiger partial charge is 0.323 e. The van der Waals surface area contributed by atoms with Crippen molar-refractivity contribution in [2.45, 2.75) is 25.9 Å². The van der Waals surface area contributed by atoms with Gasteiger partial charge in [0, 0.05) is 29.6 Å². The van der Waals surface area contributed by atoms with Crippen molar-refractivity contribution in [1.82, 2.24) is 14.8 Å². The molecule has 0 fully saturated rings. The molecule has 18 heavy (non-hydrogen) atoms. The quantitative estimate of drug-likeness (QED) is 0.926. The average molecular weight is 269 g/mol. The highest BCUT2D eigenvalue weighted by Gasteiger charge is 2.17. The zero-order valence-corrected chi connectivity index (χ0v) is 10.7. The molecule has 0 aliphatic carbocycles. The lowest BCUT2D eigenvalue weighted by Gasteiger charge is -2.14. The fraction of sp³-hybridized carbons (Fsp3) is 0.333. The van der Waals surface area contributed by atoms with Crippen LogP contribution in [-0.4, -0.2) is 14.8 Å². The zero-order valence-electron chi connectivity index (χ0n) is 9.98. The van der Waals surface area contributed by atoms with Gasteiger partial charge < -0.3 is 5.73 Å². The molecule has 6 heteroatoms. The highest BCUT2D eigenvalue weighted by molar-refractivity contribution is 6.31. The van der Waals surface area contributed by atoms with Crippen molar-refractivity contribution in [2.24, 2.45) is 5.73 Å². The highest BCUT2D eigenvalue weighted by Crippen LogP contribution is 2.26. The summed E-state index contributed by atoms with van der Waals surface area (Å²) in [6, 6.07) is 4.01. The molecule has 1 aromatic carbocycles. The third kappa shape index (κ3) is 2.52. The molecule has 0 aliphatic heterocycles. The second-order valence-corrected chi connectivity index (χ2v) is 4.35. The molecule has 96 valence electrons. The molecule has 0 radical (unpaired) electrons. The number of hydrogen-bond acceptors (Lipinski definition) is 3. The summed E-state index contributed by atoms with van der Waals surface area (Å²) in [5.41, 5.74) is 6.33. The predicted octanol–water partition coefficient (Wildman–Crippen LogP) is 2.33. The summed E-state index contributed by atoms with van der Waals surface area (Å²) in [6.07, 6.45) is 1.86. The molecule has 2 rings (SSSR count). The third-order valence-electron chi connectivity index (χ3n) is 2.77. The Hall–Kier alpha value is -1.46. The Morgan fingerprint density at radius 3 is 2.94 bits per heavy atom. The van der Waals surface area contributed by atoms with Crippen LogP contribution in [0.15, 0.2) is 24.5 Å². The van der Waals surface area contributed by atoms with Crippen LogP contribution in [0.2, 0.25) is 5.02 Å². The van der Waals surface area contributed by atoms with Gasteiger partial charge >= 0.3 is 0 Å². The molecule has 2 N–H and O–H groups in total. The van der Waals surface area contributed by atoms with Crippen LogP contribution in [0.5, 0.6) is 0 Å². The number of hydrogen-bond donors (Lipinski definition) is 1. The maximum atomic E-state index is 13.7. The van der Waals surface area contributed by atoms with Crippen molar-refractivity contribution in [3.05, 3.63) is 46.8 Å². The van der Waals surface area contributed by atoms with Gasteiger partial charge in [-0.1, -0.05) is 17.7 Å². The van der Waals surface area contributed by atoms with Crippen LogP contribution in [0.4, 0.5) is 4.39 Å². The fourth-order valence-corrected chi connectivity index (χ4v) is 2.18. The predicted molar refractivity (Wildman–Crippen MR) is 67.7 cm³/mol. The van der Waals surface area contributed by atoms with E-state index in [-0.39, 0.29) is 0 Å². The number of aryl methyl sites for hydroxylation is 1. The molecule has 0 spiro atoms. The van der Waals surface area contributed by atoms with Crippen molar-refractivity contribution in [3.63, 3.8) is 0 Å². The Morgan fingerprint density at radius 1 is 1.50 bits per heavy atom. The maximum absolute atomic E-state index is 13.7. The first kappa shape index (κ1) is 13.0. The third-order valence-corrected chi connectivity index (χ3v) is 3.10. The van der Waals surface area contributed by atoms with Crippen LogP contribution < -0.4 is 5.73 Å². The molecule has 1 heterocycles. The van der Waals surface area contributed by atoms with Gasteiger partial charge in [-0.3, -0.25) is 4.68 Å². The van der Waals surface area contributed by atoms with Crippen LogP contribution in [0, 0.1) is 5.82 Å². The number of benzene rings is 1. The van der Waals surface area contributed by atoms with E-state index in [9.17, 15) is 4.39 Å². The Morgan fingerprint density at radius 2 is 2.28 bits per heavy atom. The normalized spacial score (nSPS) is 12.7. The van der Waals surface area contributed by atoms with E-state index in [1.54, 1.807) is 16.8 Å². The second-order valence-electron chi connectivity index (χ2n) is 3.94. The minimum atomic E-state index is -0.534. The summed E-state index contributed by atoms with van der Waals surface area (Å²) in [5, 5.41) is 4.39. The molecule has 1 unspecified atom stereocenters. The van der Waals surface area contributed by atoms with Gasteiger partial charge in [0.25, 0.3) is 0 Å². The second kappa shape index (κ2) is 5.46. The SMILES string of the molecule is CCn1ncnc1CC(N)c1c(F)cccc1Cl. The van der Waals surface area contributed by atoms with Crippen molar-refractivity contribution < 1.29 is 4.39 Å². The van der Waals surface area contributed by atoms with Gasteiger partial charge in [-0.15, -0.1) is 0 Å². The minimum absolute atomic E-state index is 0.324. The zero-order chi connectivity index (χ0) is 13.1. The van der Waals surface area contributed by atoms with E-state index in [0.717, 1.165) is 5.82 Å². The topological polar surface area (TPSA) is 56.7 Å². The van der Waals surface area contributed by atoms with Crippen molar-refractivity contribution in [2.75, 3.05) is 0 Å². The van der Waals surface area contributed by atoms with Crippen molar-refractivity contribution >= 4 is 11.6 Å². The Balaban J connectivity index is 2.25. The highest BCUT2D eigenvalue weighted by atomic mass is 35.5. The summed E-state index contributed by atoms with van der Waals surface area (Å²) < 4.78 is 15.4. The molecule has 1 aromatic heterocycles. The van der Waals surface area contributed by atoms with Gasteiger partial charge in [0.15, 0.2) is 0 Å². The van der Waals surface area contributed by atoms with E-state index < -0.39 is 11.9 Å². The van der Waals surface area contributed by atoms with E-state index in [2.05, 4.69) is 10.1 Å². The molecule has 0 saturated carbocycles. The molecular formula is C12H14ClFN4. The molecule has 4 nitrogen and oxygen atoms in total. The van der Waals surface area contributed by atoms with Crippen LogP contribution in [-0.2, 0) is 13.0 Å². The van der Waals surface area contributed by atoms with Crippen LogP contribution >= 0.6 is 11.6 Å². The minimum Gasteiger partial charge on any atom is -0.323 e. The van der Waals surface area contributed by atoms with E-state index >= 15 is 0 Å². The van der Waals surface area contributed by atoms with E-state index in [1.165, 1.54) is 12.4 Å². The summed E-state index contributed by atoms with van der Waals surface area (Å²) in [7, 11) is 0. The molecular weight excluding hydrogens is 255 g/mol. The van der Waals surface area contributed by atoms with Gasteiger partial charge in [-0.25, -0.2) is 9.37 Å². The Kier molecular flexibility index (Phi) is 3.93. The Labute approximate surface area is 110 Å². The molecule has 0 saturated heterocycles. The van der Waals surface area contributed by atoms with Gasteiger partial charge in [-0.05, 0) is 19.1 Å². The summed E-state index contributed by atoms with van der Waals surface area (Å²) >= 11 is 5.98. The molecule has 0 bridgehead atoms. The van der Waals surface area contributed by atoms with Gasteiger partial charge in [0.2, 0.25) is 0 Å². The summed E-state index contributed by atoms with van der Waals surface area (Å²) in [4.78, 5) is 4.12. The molecule has 2 aromatic rings. The summed E-state index contributed by atoms with van der Waals surface area (Å²) in [5.74, 6) is 0.335. The van der Waals surface area contributed by atoms with Crippen LogP contribution in [0.3, 0.4) is 0 Å². The van der Waals surface area contributed by atoms with Crippen molar-refractivity contribution in [3.8, 4) is 0 Å². The number of rotatable bonds is 4. The lowest BCUT2D eigenvalue weighted by molar-refractivity contribution is 0.550. The maximum Gasteiger partial charge on any atom is 0.138 e.